The molecule has 0 saturated heterocycles. The molecule has 33 heavy (non-hydrogen) atoms. The van der Waals surface area contributed by atoms with Gasteiger partial charge in [0.2, 0.25) is 0 Å². The first-order chi connectivity index (χ1) is 15.7. The van der Waals surface area contributed by atoms with E-state index in [-0.39, 0.29) is 23.6 Å². The van der Waals surface area contributed by atoms with E-state index in [1.54, 1.807) is 17.7 Å². The van der Waals surface area contributed by atoms with Crippen LogP contribution < -0.4 is 0 Å². The zero-order chi connectivity index (χ0) is 23.8. The number of aliphatic hydroxyl groups is 1. The second-order valence-corrected chi connectivity index (χ2v) is 10.5. The third-order valence-electron chi connectivity index (χ3n) is 5.83. The van der Waals surface area contributed by atoms with E-state index in [1.807, 2.05) is 24.3 Å². The van der Waals surface area contributed by atoms with Crippen molar-refractivity contribution in [3.05, 3.63) is 69.0 Å². The summed E-state index contributed by atoms with van der Waals surface area (Å²) in [5.74, 6) is 0. The van der Waals surface area contributed by atoms with Gasteiger partial charge in [-0.3, -0.25) is 0 Å². The Morgan fingerprint density at radius 1 is 1.21 bits per heavy atom. The molecule has 1 unspecified atom stereocenters. The molecule has 0 spiro atoms. The number of nitriles is 2. The van der Waals surface area contributed by atoms with Gasteiger partial charge in [0, 0.05) is 16.3 Å². The largest absolute Gasteiger partial charge is 0.386 e. The minimum atomic E-state index is -1.32. The summed E-state index contributed by atoms with van der Waals surface area (Å²) < 4.78 is 1.58. The lowest BCUT2D eigenvalue weighted by molar-refractivity contribution is 0.00526. The smallest absolute Gasteiger partial charge is 0.191 e. The minimum Gasteiger partial charge on any atom is -0.386 e. The highest BCUT2D eigenvalue weighted by molar-refractivity contribution is 7.99. The van der Waals surface area contributed by atoms with Crippen molar-refractivity contribution >= 4 is 46.6 Å². The van der Waals surface area contributed by atoms with Crippen molar-refractivity contribution in [2.75, 3.05) is 0 Å². The van der Waals surface area contributed by atoms with Gasteiger partial charge in [-0.05, 0) is 54.8 Å². The molecule has 1 aliphatic rings. The van der Waals surface area contributed by atoms with Crippen LogP contribution in [-0.2, 0) is 13.0 Å². The van der Waals surface area contributed by atoms with Crippen molar-refractivity contribution in [3.8, 4) is 12.1 Å². The number of benzene rings is 2. The van der Waals surface area contributed by atoms with Gasteiger partial charge in [0.1, 0.15) is 24.1 Å². The van der Waals surface area contributed by atoms with E-state index >= 15 is 0 Å². The van der Waals surface area contributed by atoms with Gasteiger partial charge in [-0.2, -0.15) is 15.6 Å². The number of alkyl halides is 1. The second kappa shape index (κ2) is 9.18. The maximum Gasteiger partial charge on any atom is 0.191 e. The number of rotatable bonds is 7. The van der Waals surface area contributed by atoms with Crippen molar-refractivity contribution in [1.29, 1.82) is 10.5 Å². The molecule has 4 rings (SSSR count). The van der Waals surface area contributed by atoms with Gasteiger partial charge in [-0.15, -0.1) is 11.6 Å². The molecule has 1 atom stereocenters. The quantitative estimate of drug-likeness (QED) is 0.413. The van der Waals surface area contributed by atoms with Gasteiger partial charge >= 0.3 is 0 Å². The first-order valence-corrected chi connectivity index (χ1v) is 12.0. The lowest BCUT2D eigenvalue weighted by Gasteiger charge is -2.33. The number of aromatic nitrogens is 3. The average molecular weight is 519 g/mol. The molecule has 1 aromatic heterocycles. The molecule has 6 nitrogen and oxygen atoms in total. The number of hydrogen-bond donors (Lipinski definition) is 1. The molecule has 10 heteroatoms. The molecule has 1 N–H and O–H groups in total. The van der Waals surface area contributed by atoms with Crippen molar-refractivity contribution < 1.29 is 5.11 Å². The lowest BCUT2D eigenvalue weighted by Crippen LogP contribution is -2.47. The number of hydrogen-bond acceptors (Lipinski definition) is 6. The highest BCUT2D eigenvalue weighted by Gasteiger charge is 2.58. The fraction of sp³-hybridized carbons (Fsp3) is 0.304. The Balaban J connectivity index is 1.68. The Morgan fingerprint density at radius 3 is 2.55 bits per heavy atom. The topological polar surface area (TPSA) is 98.5 Å². The van der Waals surface area contributed by atoms with E-state index in [2.05, 4.69) is 16.2 Å². The maximum absolute atomic E-state index is 11.7. The lowest BCUT2D eigenvalue weighted by atomic mass is 9.89. The van der Waals surface area contributed by atoms with E-state index in [1.165, 1.54) is 24.2 Å². The summed E-state index contributed by atoms with van der Waals surface area (Å²) in [6.07, 6.45) is 3.00. The summed E-state index contributed by atoms with van der Waals surface area (Å²) in [7, 11) is 0. The highest BCUT2D eigenvalue weighted by atomic mass is 35.5. The Bertz CT molecular complexity index is 1310. The van der Waals surface area contributed by atoms with Crippen LogP contribution in [0.15, 0.2) is 46.7 Å². The predicted molar refractivity (Wildman–Crippen MR) is 128 cm³/mol. The van der Waals surface area contributed by atoms with E-state index in [4.69, 9.17) is 34.8 Å². The second-order valence-electron chi connectivity index (χ2n) is 8.03. The average Bonchev–Trinajstić information content (AvgIpc) is 3.42. The van der Waals surface area contributed by atoms with Gasteiger partial charge in [-0.25, -0.2) is 9.67 Å². The Hall–Kier alpha value is -2.26. The summed E-state index contributed by atoms with van der Waals surface area (Å²) in [6.45, 7) is 1.84. The Kier molecular flexibility index (Phi) is 6.64. The van der Waals surface area contributed by atoms with Crippen LogP contribution in [0.5, 0.6) is 0 Å². The van der Waals surface area contributed by atoms with Crippen LogP contribution in [0.2, 0.25) is 10.0 Å². The van der Waals surface area contributed by atoms with Crippen LogP contribution in [0, 0.1) is 29.6 Å². The summed E-state index contributed by atoms with van der Waals surface area (Å²) in [6, 6.07) is 12.9. The first kappa shape index (κ1) is 23.9. The highest BCUT2D eigenvalue weighted by Crippen LogP contribution is 2.53. The normalized spacial score (nSPS) is 16.0. The van der Waals surface area contributed by atoms with E-state index < -0.39 is 10.5 Å². The zero-order valence-electron chi connectivity index (χ0n) is 17.5. The third-order valence-corrected chi connectivity index (χ3v) is 8.64. The molecule has 0 amide bonds. The SMILES string of the molecule is Cc1c(Cl)c(C#N)cc(C#N)c1Sc1ncnn1CC(O)(Cc1ccccc1Cl)C1(Cl)CC1. The monoisotopic (exact) mass is 517 g/mol. The first-order valence-electron chi connectivity index (χ1n) is 10.0. The van der Waals surface area contributed by atoms with Gasteiger partial charge in [0.05, 0.1) is 27.6 Å². The molecule has 168 valence electrons. The molecule has 2 aromatic carbocycles. The van der Waals surface area contributed by atoms with E-state index in [9.17, 15) is 15.6 Å². The van der Waals surface area contributed by atoms with Crippen molar-refractivity contribution in [2.45, 2.75) is 53.3 Å². The molecule has 1 aliphatic carbocycles. The molecule has 0 aliphatic heterocycles. The van der Waals surface area contributed by atoms with Gasteiger partial charge < -0.3 is 5.11 Å². The molecule has 0 bridgehead atoms. The van der Waals surface area contributed by atoms with Crippen LogP contribution in [0.25, 0.3) is 0 Å². The van der Waals surface area contributed by atoms with Gasteiger partial charge in [0.25, 0.3) is 0 Å². The number of halogens is 3. The molecular weight excluding hydrogens is 501 g/mol. The molecule has 1 saturated carbocycles. The van der Waals surface area contributed by atoms with Crippen LogP contribution >= 0.6 is 46.6 Å². The molecule has 3 aromatic rings. The van der Waals surface area contributed by atoms with Crippen LogP contribution in [-0.4, -0.2) is 30.3 Å². The summed E-state index contributed by atoms with van der Waals surface area (Å²) in [5.41, 5.74) is 0.634. The Morgan fingerprint density at radius 2 is 1.91 bits per heavy atom. The third kappa shape index (κ3) is 4.57. The summed E-state index contributed by atoms with van der Waals surface area (Å²) >= 11 is 20.6. The Labute approximate surface area is 210 Å². The van der Waals surface area contributed by atoms with Crippen LogP contribution in [0.3, 0.4) is 0 Å². The fourth-order valence-corrected chi connectivity index (χ4v) is 5.38. The molecular formula is C23H18Cl3N5OS. The molecule has 1 fully saturated rings. The van der Waals surface area contributed by atoms with E-state index in [0.29, 0.717) is 39.0 Å². The standard InChI is InChI=1S/C23H18Cl3N5OS/c1-14-19(25)16(10-27)8-17(11-28)20(14)33-21-29-13-30-31(21)12-23(32,22(26)6-7-22)9-15-4-2-3-5-18(15)24/h2-5,8,13,32H,6-7,9,12H2,1H3. The predicted octanol–water partition coefficient (Wildman–Crippen LogP) is 5.53. The van der Waals surface area contributed by atoms with Crippen molar-refractivity contribution in [3.63, 3.8) is 0 Å². The van der Waals surface area contributed by atoms with Crippen molar-refractivity contribution in [2.24, 2.45) is 0 Å². The van der Waals surface area contributed by atoms with Crippen LogP contribution in [0.1, 0.15) is 35.1 Å². The molecule has 0 radical (unpaired) electrons. The summed E-state index contributed by atoms with van der Waals surface area (Å²) in [5, 5.41) is 36.2. The van der Waals surface area contributed by atoms with Crippen molar-refractivity contribution in [1.82, 2.24) is 14.8 Å². The van der Waals surface area contributed by atoms with E-state index in [0.717, 1.165) is 5.56 Å². The van der Waals surface area contributed by atoms with Crippen LogP contribution in [0.4, 0.5) is 0 Å². The van der Waals surface area contributed by atoms with Gasteiger partial charge in [-0.1, -0.05) is 41.4 Å². The minimum absolute atomic E-state index is 0.0923. The fourth-order valence-electron chi connectivity index (χ4n) is 3.74. The van der Waals surface area contributed by atoms with Gasteiger partial charge in [0.15, 0.2) is 5.16 Å². The number of nitrogens with zero attached hydrogens (tertiary/aromatic N) is 5. The maximum atomic E-state index is 11.7. The zero-order valence-corrected chi connectivity index (χ0v) is 20.6. The summed E-state index contributed by atoms with van der Waals surface area (Å²) in [4.78, 5) is 4.12. The molecule has 1 heterocycles.